The van der Waals surface area contributed by atoms with Gasteiger partial charge in [0.25, 0.3) is 0 Å². The predicted octanol–water partition coefficient (Wildman–Crippen LogP) is 2.12. The molecule has 1 N–H and O–H groups in total. The highest BCUT2D eigenvalue weighted by atomic mass is 32.2. The SMILES string of the molecule is CCC(C)C(C(=O)NC1CCS(=O)(=O)C1)c1ccccc1. The van der Waals surface area contributed by atoms with Gasteiger partial charge >= 0.3 is 0 Å². The summed E-state index contributed by atoms with van der Waals surface area (Å²) in [6, 6.07) is 9.47. The lowest BCUT2D eigenvalue weighted by Gasteiger charge is -2.24. The largest absolute Gasteiger partial charge is 0.352 e. The molecule has 1 heterocycles. The van der Waals surface area contributed by atoms with Crippen molar-refractivity contribution in [2.75, 3.05) is 11.5 Å². The van der Waals surface area contributed by atoms with Crippen molar-refractivity contribution in [3.05, 3.63) is 35.9 Å². The maximum absolute atomic E-state index is 12.6. The van der Waals surface area contributed by atoms with Crippen LogP contribution in [0, 0.1) is 5.92 Å². The topological polar surface area (TPSA) is 63.2 Å². The van der Waals surface area contributed by atoms with Crippen molar-refractivity contribution in [3.8, 4) is 0 Å². The van der Waals surface area contributed by atoms with Crippen LogP contribution >= 0.6 is 0 Å². The van der Waals surface area contributed by atoms with E-state index < -0.39 is 9.84 Å². The lowest BCUT2D eigenvalue weighted by Crippen LogP contribution is -2.40. The van der Waals surface area contributed by atoms with Gasteiger partial charge in [0.2, 0.25) is 5.91 Å². The van der Waals surface area contributed by atoms with E-state index in [0.29, 0.717) is 6.42 Å². The van der Waals surface area contributed by atoms with E-state index in [1.165, 1.54) is 0 Å². The van der Waals surface area contributed by atoms with E-state index in [9.17, 15) is 13.2 Å². The van der Waals surface area contributed by atoms with Crippen LogP contribution in [0.25, 0.3) is 0 Å². The molecule has 0 aromatic heterocycles. The van der Waals surface area contributed by atoms with Crippen molar-refractivity contribution >= 4 is 15.7 Å². The molecule has 0 aliphatic carbocycles. The van der Waals surface area contributed by atoms with Crippen molar-refractivity contribution in [3.63, 3.8) is 0 Å². The number of amides is 1. The zero-order valence-corrected chi connectivity index (χ0v) is 13.4. The number of sulfone groups is 1. The Kier molecular flexibility index (Phi) is 5.04. The van der Waals surface area contributed by atoms with Gasteiger partial charge < -0.3 is 5.32 Å². The summed E-state index contributed by atoms with van der Waals surface area (Å²) in [6.45, 7) is 4.12. The highest BCUT2D eigenvalue weighted by Crippen LogP contribution is 2.27. The van der Waals surface area contributed by atoms with E-state index in [1.807, 2.05) is 30.3 Å². The summed E-state index contributed by atoms with van der Waals surface area (Å²) >= 11 is 0. The minimum absolute atomic E-state index is 0.0577. The summed E-state index contributed by atoms with van der Waals surface area (Å²) in [5, 5.41) is 2.93. The molecule has 0 radical (unpaired) electrons. The number of benzene rings is 1. The Hall–Kier alpha value is -1.36. The van der Waals surface area contributed by atoms with Crippen LogP contribution in [0.1, 0.15) is 38.2 Å². The number of carbonyl (C=O) groups is 1. The van der Waals surface area contributed by atoms with Gasteiger partial charge in [0.15, 0.2) is 9.84 Å². The first-order chi connectivity index (χ1) is 9.93. The van der Waals surface area contributed by atoms with Gasteiger partial charge in [-0.2, -0.15) is 0 Å². The van der Waals surface area contributed by atoms with Gasteiger partial charge in [-0.3, -0.25) is 4.79 Å². The van der Waals surface area contributed by atoms with Crippen molar-refractivity contribution in [2.45, 2.75) is 38.6 Å². The fraction of sp³-hybridized carbons (Fsp3) is 0.562. The molecule has 116 valence electrons. The molecule has 1 aliphatic rings. The summed E-state index contributed by atoms with van der Waals surface area (Å²) in [5.74, 6) is 0.181. The first kappa shape index (κ1) is 16.0. The zero-order chi connectivity index (χ0) is 15.5. The van der Waals surface area contributed by atoms with Crippen molar-refractivity contribution in [1.82, 2.24) is 5.32 Å². The standard InChI is InChI=1S/C16H23NO3S/c1-3-12(2)15(13-7-5-4-6-8-13)16(18)17-14-9-10-21(19,20)11-14/h4-8,12,14-15H,3,9-11H2,1-2H3,(H,17,18). The molecule has 0 saturated carbocycles. The molecule has 1 aromatic rings. The second kappa shape index (κ2) is 6.60. The monoisotopic (exact) mass is 309 g/mol. The van der Waals surface area contributed by atoms with Crippen LogP contribution in [-0.4, -0.2) is 31.9 Å². The Morgan fingerprint density at radius 2 is 2.00 bits per heavy atom. The molecular weight excluding hydrogens is 286 g/mol. The Morgan fingerprint density at radius 1 is 1.33 bits per heavy atom. The fourth-order valence-corrected chi connectivity index (χ4v) is 4.51. The molecule has 1 fully saturated rings. The fourth-order valence-electron chi connectivity index (χ4n) is 2.83. The molecule has 1 saturated heterocycles. The minimum Gasteiger partial charge on any atom is -0.352 e. The molecule has 3 atom stereocenters. The van der Waals surface area contributed by atoms with Crippen LogP contribution in [0.2, 0.25) is 0 Å². The van der Waals surface area contributed by atoms with Crippen molar-refractivity contribution in [1.29, 1.82) is 0 Å². The third kappa shape index (κ3) is 4.06. The highest BCUT2D eigenvalue weighted by molar-refractivity contribution is 7.91. The highest BCUT2D eigenvalue weighted by Gasteiger charge is 2.32. The van der Waals surface area contributed by atoms with Crippen molar-refractivity contribution in [2.24, 2.45) is 5.92 Å². The van der Waals surface area contributed by atoms with Gasteiger partial charge in [-0.25, -0.2) is 8.42 Å². The molecule has 21 heavy (non-hydrogen) atoms. The number of nitrogens with one attached hydrogen (secondary N) is 1. The lowest BCUT2D eigenvalue weighted by molar-refractivity contribution is -0.124. The zero-order valence-electron chi connectivity index (χ0n) is 12.6. The maximum atomic E-state index is 12.6. The smallest absolute Gasteiger partial charge is 0.228 e. The number of hydrogen-bond donors (Lipinski definition) is 1. The third-order valence-electron chi connectivity index (χ3n) is 4.23. The van der Waals surface area contributed by atoms with Gasteiger partial charge in [0.1, 0.15) is 0 Å². The summed E-state index contributed by atoms with van der Waals surface area (Å²) in [4.78, 5) is 12.6. The Bertz CT molecular complexity index is 583. The maximum Gasteiger partial charge on any atom is 0.228 e. The molecule has 1 amide bonds. The van der Waals surface area contributed by atoms with Crippen molar-refractivity contribution < 1.29 is 13.2 Å². The number of carbonyl (C=O) groups excluding carboxylic acids is 1. The molecule has 2 rings (SSSR count). The first-order valence-corrected chi connectivity index (χ1v) is 9.31. The Balaban J connectivity index is 2.12. The summed E-state index contributed by atoms with van der Waals surface area (Å²) < 4.78 is 23.0. The molecule has 4 nitrogen and oxygen atoms in total. The van der Waals surface area contributed by atoms with E-state index in [-0.39, 0.29) is 35.3 Å². The van der Waals surface area contributed by atoms with E-state index in [1.54, 1.807) is 0 Å². The molecule has 0 spiro atoms. The molecule has 3 unspecified atom stereocenters. The summed E-state index contributed by atoms with van der Waals surface area (Å²) in [5.41, 5.74) is 0.991. The lowest BCUT2D eigenvalue weighted by atomic mass is 9.84. The number of rotatable bonds is 5. The minimum atomic E-state index is -2.97. The summed E-state index contributed by atoms with van der Waals surface area (Å²) in [7, 11) is -2.97. The predicted molar refractivity (Wildman–Crippen MR) is 83.8 cm³/mol. The molecule has 0 bridgehead atoms. The van der Waals surface area contributed by atoms with Crippen LogP contribution in [0.4, 0.5) is 0 Å². The van der Waals surface area contributed by atoms with Crippen LogP contribution in [0.15, 0.2) is 30.3 Å². The second-order valence-electron chi connectivity index (χ2n) is 5.88. The van der Waals surface area contributed by atoms with Crippen LogP contribution in [0.5, 0.6) is 0 Å². The molecule has 1 aliphatic heterocycles. The Labute approximate surface area is 126 Å². The van der Waals surface area contributed by atoms with Gasteiger partial charge in [-0.1, -0.05) is 50.6 Å². The Morgan fingerprint density at radius 3 is 2.52 bits per heavy atom. The third-order valence-corrected chi connectivity index (χ3v) is 6.00. The normalized spacial score (nSPS) is 23.4. The van der Waals surface area contributed by atoms with E-state index in [0.717, 1.165) is 12.0 Å². The van der Waals surface area contributed by atoms with Crippen LogP contribution < -0.4 is 5.32 Å². The van der Waals surface area contributed by atoms with E-state index in [4.69, 9.17) is 0 Å². The quantitative estimate of drug-likeness (QED) is 0.906. The first-order valence-electron chi connectivity index (χ1n) is 7.48. The average molecular weight is 309 g/mol. The van der Waals surface area contributed by atoms with Gasteiger partial charge in [-0.05, 0) is 17.9 Å². The molecule has 1 aromatic carbocycles. The van der Waals surface area contributed by atoms with Crippen LogP contribution in [0.3, 0.4) is 0 Å². The van der Waals surface area contributed by atoms with Gasteiger partial charge in [0, 0.05) is 6.04 Å². The summed E-state index contributed by atoms with van der Waals surface area (Å²) in [6.07, 6.45) is 1.42. The average Bonchev–Trinajstić information content (AvgIpc) is 2.79. The molecule has 5 heteroatoms. The van der Waals surface area contributed by atoms with Gasteiger partial charge in [-0.15, -0.1) is 0 Å². The van der Waals surface area contributed by atoms with Gasteiger partial charge in [0.05, 0.1) is 17.4 Å². The molecular formula is C16H23NO3S. The number of hydrogen-bond acceptors (Lipinski definition) is 3. The van der Waals surface area contributed by atoms with Crippen LogP contribution in [-0.2, 0) is 14.6 Å². The second-order valence-corrected chi connectivity index (χ2v) is 8.11. The van der Waals surface area contributed by atoms with E-state index in [2.05, 4.69) is 19.2 Å². The van der Waals surface area contributed by atoms with E-state index >= 15 is 0 Å².